The summed E-state index contributed by atoms with van der Waals surface area (Å²) < 4.78 is 0. The van der Waals surface area contributed by atoms with E-state index in [0.29, 0.717) is 19.4 Å². The monoisotopic (exact) mass is 284 g/mol. The van der Waals surface area contributed by atoms with E-state index in [4.69, 9.17) is 5.11 Å². The summed E-state index contributed by atoms with van der Waals surface area (Å²) in [7, 11) is 1.72. The maximum atomic E-state index is 12.0. The molecule has 1 heterocycles. The molecule has 1 aliphatic rings. The van der Waals surface area contributed by atoms with Gasteiger partial charge in [-0.3, -0.25) is 14.4 Å². The van der Waals surface area contributed by atoms with Crippen molar-refractivity contribution in [2.75, 3.05) is 20.1 Å². The summed E-state index contributed by atoms with van der Waals surface area (Å²) in [5, 5.41) is 11.8. The molecule has 1 aliphatic heterocycles. The number of carboxylic acid groups (broad SMARTS) is 1. The Morgan fingerprint density at radius 2 is 2.10 bits per heavy atom. The Morgan fingerprint density at radius 3 is 2.60 bits per heavy atom. The van der Waals surface area contributed by atoms with Gasteiger partial charge in [0.15, 0.2) is 0 Å². The first-order valence-electron chi connectivity index (χ1n) is 7.05. The summed E-state index contributed by atoms with van der Waals surface area (Å²) in [4.78, 5) is 36.3. The number of hydrogen-bond donors (Lipinski definition) is 2. The van der Waals surface area contributed by atoms with Gasteiger partial charge in [0, 0.05) is 32.5 Å². The molecule has 0 aromatic heterocycles. The zero-order chi connectivity index (χ0) is 15.3. The molecule has 2 atom stereocenters. The number of rotatable bonds is 6. The summed E-state index contributed by atoms with van der Waals surface area (Å²) >= 11 is 0. The number of aliphatic carboxylic acids is 1. The zero-order valence-electron chi connectivity index (χ0n) is 12.4. The number of nitrogens with one attached hydrogen (secondary N) is 1. The molecule has 20 heavy (non-hydrogen) atoms. The second-order valence-electron chi connectivity index (χ2n) is 5.91. The van der Waals surface area contributed by atoms with E-state index in [0.717, 1.165) is 0 Å². The van der Waals surface area contributed by atoms with Crippen LogP contribution in [0.3, 0.4) is 0 Å². The summed E-state index contributed by atoms with van der Waals surface area (Å²) in [5.74, 6) is -1.76. The van der Waals surface area contributed by atoms with E-state index in [2.05, 4.69) is 5.32 Å². The number of hydrogen-bond acceptors (Lipinski definition) is 3. The standard InChI is InChI=1S/C14H24N2O4/c1-9(2)6-11(14(19)20)8-15-13(18)10-4-5-16(3)12(17)7-10/h9-11H,4-8H2,1-3H3,(H,15,18)(H,19,20)/t10-,11+/m1/s1. The number of amides is 2. The Kier molecular flexibility index (Phi) is 5.98. The second-order valence-corrected chi connectivity index (χ2v) is 5.91. The molecule has 1 rings (SSSR count). The third-order valence-electron chi connectivity index (χ3n) is 3.66. The number of carbonyl (C=O) groups excluding carboxylic acids is 2. The molecular weight excluding hydrogens is 260 g/mol. The molecule has 6 heteroatoms. The molecule has 0 aromatic carbocycles. The van der Waals surface area contributed by atoms with E-state index < -0.39 is 11.9 Å². The van der Waals surface area contributed by atoms with Crippen molar-refractivity contribution in [3.8, 4) is 0 Å². The van der Waals surface area contributed by atoms with Gasteiger partial charge >= 0.3 is 5.97 Å². The van der Waals surface area contributed by atoms with Crippen molar-refractivity contribution in [2.24, 2.45) is 17.8 Å². The minimum absolute atomic E-state index is 0.0339. The molecule has 0 bridgehead atoms. The minimum Gasteiger partial charge on any atom is -0.481 e. The van der Waals surface area contributed by atoms with E-state index in [1.54, 1.807) is 11.9 Å². The Labute approximate surface area is 119 Å². The highest BCUT2D eigenvalue weighted by atomic mass is 16.4. The van der Waals surface area contributed by atoms with Crippen molar-refractivity contribution in [3.63, 3.8) is 0 Å². The third kappa shape index (κ3) is 4.83. The van der Waals surface area contributed by atoms with E-state index in [1.165, 1.54) is 0 Å². The average molecular weight is 284 g/mol. The van der Waals surface area contributed by atoms with E-state index in [1.807, 2.05) is 13.8 Å². The number of carbonyl (C=O) groups is 3. The molecule has 0 unspecified atom stereocenters. The summed E-state index contributed by atoms with van der Waals surface area (Å²) in [5.41, 5.74) is 0. The van der Waals surface area contributed by atoms with Crippen LogP contribution in [0.5, 0.6) is 0 Å². The SMILES string of the molecule is CC(C)C[C@@H](CNC(=O)[C@@H]1CCN(C)C(=O)C1)C(=O)O. The van der Waals surface area contributed by atoms with Gasteiger partial charge in [-0.1, -0.05) is 13.8 Å². The number of carboxylic acids is 1. The molecule has 114 valence electrons. The fourth-order valence-electron chi connectivity index (χ4n) is 2.38. The first-order chi connectivity index (χ1) is 9.31. The van der Waals surface area contributed by atoms with Crippen LogP contribution in [0.2, 0.25) is 0 Å². The lowest BCUT2D eigenvalue weighted by Gasteiger charge is -2.28. The Balaban J connectivity index is 2.45. The van der Waals surface area contributed by atoms with Crippen LogP contribution in [0.15, 0.2) is 0 Å². The number of piperidine rings is 1. The first kappa shape index (κ1) is 16.5. The van der Waals surface area contributed by atoms with Crippen molar-refractivity contribution >= 4 is 17.8 Å². The largest absolute Gasteiger partial charge is 0.481 e. The molecule has 2 N–H and O–H groups in total. The fraction of sp³-hybridized carbons (Fsp3) is 0.786. The Hall–Kier alpha value is -1.59. The molecule has 0 saturated carbocycles. The topological polar surface area (TPSA) is 86.7 Å². The van der Waals surface area contributed by atoms with Gasteiger partial charge in [0.2, 0.25) is 11.8 Å². The normalized spacial score (nSPS) is 20.9. The van der Waals surface area contributed by atoms with Gasteiger partial charge in [-0.25, -0.2) is 0 Å². The van der Waals surface area contributed by atoms with Crippen LogP contribution in [0, 0.1) is 17.8 Å². The van der Waals surface area contributed by atoms with E-state index >= 15 is 0 Å². The van der Waals surface area contributed by atoms with Gasteiger partial charge in [-0.2, -0.15) is 0 Å². The van der Waals surface area contributed by atoms with Crippen molar-refractivity contribution < 1.29 is 19.5 Å². The molecule has 1 fully saturated rings. The van der Waals surface area contributed by atoms with E-state index in [9.17, 15) is 14.4 Å². The molecule has 6 nitrogen and oxygen atoms in total. The summed E-state index contributed by atoms with van der Waals surface area (Å²) in [6.45, 7) is 4.61. The summed E-state index contributed by atoms with van der Waals surface area (Å²) in [6.07, 6.45) is 1.38. The van der Waals surface area contributed by atoms with Crippen LogP contribution < -0.4 is 5.32 Å². The van der Waals surface area contributed by atoms with Gasteiger partial charge < -0.3 is 15.3 Å². The van der Waals surface area contributed by atoms with Crippen molar-refractivity contribution in [3.05, 3.63) is 0 Å². The molecule has 0 aliphatic carbocycles. The smallest absolute Gasteiger partial charge is 0.308 e. The number of nitrogens with zero attached hydrogens (tertiary/aromatic N) is 1. The lowest BCUT2D eigenvalue weighted by Crippen LogP contribution is -2.43. The highest BCUT2D eigenvalue weighted by Crippen LogP contribution is 2.18. The number of likely N-dealkylation sites (tertiary alicyclic amines) is 1. The lowest BCUT2D eigenvalue weighted by molar-refractivity contribution is -0.143. The maximum absolute atomic E-state index is 12.0. The lowest BCUT2D eigenvalue weighted by atomic mass is 9.94. The molecule has 1 saturated heterocycles. The maximum Gasteiger partial charge on any atom is 0.308 e. The molecule has 0 spiro atoms. The van der Waals surface area contributed by atoms with Gasteiger partial charge in [-0.15, -0.1) is 0 Å². The van der Waals surface area contributed by atoms with Crippen molar-refractivity contribution in [2.45, 2.75) is 33.1 Å². The molecule has 0 aromatic rings. The van der Waals surface area contributed by atoms with Gasteiger partial charge in [0.1, 0.15) is 0 Å². The predicted octanol–water partition coefficient (Wildman–Crippen LogP) is 0.718. The Morgan fingerprint density at radius 1 is 1.45 bits per heavy atom. The van der Waals surface area contributed by atoms with Gasteiger partial charge in [0.25, 0.3) is 0 Å². The van der Waals surface area contributed by atoms with Crippen molar-refractivity contribution in [1.29, 1.82) is 0 Å². The fourth-order valence-corrected chi connectivity index (χ4v) is 2.38. The van der Waals surface area contributed by atoms with Crippen molar-refractivity contribution in [1.82, 2.24) is 10.2 Å². The Bertz CT molecular complexity index is 381. The first-order valence-corrected chi connectivity index (χ1v) is 7.05. The van der Waals surface area contributed by atoms with Crippen LogP contribution in [0.4, 0.5) is 0 Å². The zero-order valence-corrected chi connectivity index (χ0v) is 12.4. The molecular formula is C14H24N2O4. The van der Waals surface area contributed by atoms with Gasteiger partial charge in [0.05, 0.1) is 5.92 Å². The molecule has 2 amide bonds. The minimum atomic E-state index is -0.890. The van der Waals surface area contributed by atoms with Crippen LogP contribution in [-0.4, -0.2) is 47.9 Å². The van der Waals surface area contributed by atoms with Gasteiger partial charge in [-0.05, 0) is 18.8 Å². The highest BCUT2D eigenvalue weighted by molar-refractivity contribution is 5.87. The van der Waals surface area contributed by atoms with Crippen LogP contribution in [0.1, 0.15) is 33.1 Å². The van der Waals surface area contributed by atoms with Crippen LogP contribution in [-0.2, 0) is 14.4 Å². The van der Waals surface area contributed by atoms with Crippen LogP contribution >= 0.6 is 0 Å². The predicted molar refractivity (Wildman–Crippen MR) is 74.0 cm³/mol. The van der Waals surface area contributed by atoms with Crippen LogP contribution in [0.25, 0.3) is 0 Å². The molecule has 0 radical (unpaired) electrons. The second kappa shape index (κ2) is 7.26. The highest BCUT2D eigenvalue weighted by Gasteiger charge is 2.29. The van der Waals surface area contributed by atoms with E-state index in [-0.39, 0.29) is 36.6 Å². The summed E-state index contributed by atoms with van der Waals surface area (Å²) in [6, 6.07) is 0. The quantitative estimate of drug-likeness (QED) is 0.752. The average Bonchev–Trinajstić information content (AvgIpc) is 2.36. The third-order valence-corrected chi connectivity index (χ3v) is 3.66.